The summed E-state index contributed by atoms with van der Waals surface area (Å²) in [5, 5.41) is 3.74. The Morgan fingerprint density at radius 1 is 1.00 bits per heavy atom. The van der Waals surface area contributed by atoms with Gasteiger partial charge in [-0.3, -0.25) is 0 Å². The van der Waals surface area contributed by atoms with Crippen LogP contribution in [0, 0.1) is 12.8 Å². The van der Waals surface area contributed by atoms with E-state index in [0.29, 0.717) is 5.92 Å². The number of anilines is 1. The summed E-state index contributed by atoms with van der Waals surface area (Å²) in [4.78, 5) is 12.7. The largest absolute Gasteiger partial charge is 0.369 e. The van der Waals surface area contributed by atoms with Crippen LogP contribution in [0.3, 0.4) is 0 Å². The van der Waals surface area contributed by atoms with Gasteiger partial charge in [-0.25, -0.2) is 9.97 Å². The Labute approximate surface area is 192 Å². The second-order valence-electron chi connectivity index (χ2n) is 9.66. The molecular formula is C28H34N4. The van der Waals surface area contributed by atoms with Gasteiger partial charge in [0, 0.05) is 31.5 Å². The molecule has 4 nitrogen and oxygen atoms in total. The van der Waals surface area contributed by atoms with Crippen LogP contribution >= 0.6 is 0 Å². The minimum absolute atomic E-state index is 0.579. The molecule has 0 radical (unpaired) electrons. The Morgan fingerprint density at radius 2 is 1.81 bits per heavy atom. The fraction of sp³-hybridized carbons (Fsp3) is 0.429. The molecule has 1 aromatic heterocycles. The van der Waals surface area contributed by atoms with Crippen molar-refractivity contribution in [3.05, 3.63) is 76.7 Å². The number of likely N-dealkylation sites (tertiary alicyclic amines) is 1. The predicted molar refractivity (Wildman–Crippen MR) is 132 cm³/mol. The third-order valence-electron chi connectivity index (χ3n) is 6.76. The van der Waals surface area contributed by atoms with Crippen molar-refractivity contribution < 1.29 is 0 Å². The standard InChI is InChI=1S/C28H34N4/c1-20-11-12-24-23(15-20)17-25-27(24)28(29-18-21(2)19-32-13-7-4-8-14-32)31-26(30-25)16-22-9-5-3-6-10-22/h3,5-6,9-12,15,21H,4,7-8,13-14,16-19H2,1-2H3,(H,29,30,31). The van der Waals surface area contributed by atoms with Gasteiger partial charge >= 0.3 is 0 Å². The maximum atomic E-state index is 5.04. The smallest absolute Gasteiger partial charge is 0.137 e. The molecule has 1 N–H and O–H groups in total. The first-order chi connectivity index (χ1) is 15.7. The SMILES string of the molecule is Cc1ccc2c(c1)Cc1nc(Cc3ccccc3)nc(NCC(C)CN3CCCCC3)c1-2. The molecule has 4 heteroatoms. The molecule has 2 aliphatic rings. The number of hydrogen-bond donors (Lipinski definition) is 1. The first-order valence-corrected chi connectivity index (χ1v) is 12.2. The van der Waals surface area contributed by atoms with Crippen molar-refractivity contribution in [2.24, 2.45) is 5.92 Å². The van der Waals surface area contributed by atoms with E-state index < -0.39 is 0 Å². The van der Waals surface area contributed by atoms with Crippen LogP contribution in [0.1, 0.15) is 54.4 Å². The highest BCUT2D eigenvalue weighted by molar-refractivity contribution is 5.84. The monoisotopic (exact) mass is 426 g/mol. The highest BCUT2D eigenvalue weighted by Gasteiger charge is 2.25. The number of fused-ring (bicyclic) bond motifs is 3. The van der Waals surface area contributed by atoms with E-state index in [4.69, 9.17) is 9.97 Å². The van der Waals surface area contributed by atoms with Gasteiger partial charge in [-0.15, -0.1) is 0 Å². The number of rotatable bonds is 7. The van der Waals surface area contributed by atoms with E-state index in [-0.39, 0.29) is 0 Å². The Bertz CT molecular complexity index is 1070. The molecule has 1 fully saturated rings. The molecule has 0 saturated carbocycles. The number of hydrogen-bond acceptors (Lipinski definition) is 4. The van der Waals surface area contributed by atoms with Gasteiger partial charge in [0.25, 0.3) is 0 Å². The lowest BCUT2D eigenvalue weighted by molar-refractivity contribution is 0.204. The molecule has 32 heavy (non-hydrogen) atoms. The summed E-state index contributed by atoms with van der Waals surface area (Å²) in [6, 6.07) is 17.3. The van der Waals surface area contributed by atoms with Crippen molar-refractivity contribution in [1.29, 1.82) is 0 Å². The summed E-state index contributed by atoms with van der Waals surface area (Å²) in [7, 11) is 0. The third-order valence-corrected chi connectivity index (χ3v) is 6.76. The second kappa shape index (κ2) is 9.41. The molecule has 1 aliphatic heterocycles. The summed E-state index contributed by atoms with van der Waals surface area (Å²) in [6.07, 6.45) is 5.74. The van der Waals surface area contributed by atoms with Gasteiger partial charge < -0.3 is 10.2 Å². The van der Waals surface area contributed by atoms with Crippen LogP contribution in [0.4, 0.5) is 5.82 Å². The average Bonchev–Trinajstić information content (AvgIpc) is 3.16. The van der Waals surface area contributed by atoms with E-state index in [2.05, 4.69) is 72.6 Å². The number of aryl methyl sites for hydroxylation is 1. The first-order valence-electron chi connectivity index (χ1n) is 12.2. The Hall–Kier alpha value is -2.72. The zero-order chi connectivity index (χ0) is 21.9. The topological polar surface area (TPSA) is 41.1 Å². The van der Waals surface area contributed by atoms with Crippen molar-refractivity contribution in [3.8, 4) is 11.1 Å². The van der Waals surface area contributed by atoms with Gasteiger partial charge in [-0.1, -0.05) is 67.4 Å². The number of nitrogens with zero attached hydrogens (tertiary/aromatic N) is 3. The van der Waals surface area contributed by atoms with Crippen LogP contribution in [0.25, 0.3) is 11.1 Å². The third kappa shape index (κ3) is 4.71. The van der Waals surface area contributed by atoms with E-state index in [1.807, 2.05) is 0 Å². The van der Waals surface area contributed by atoms with E-state index >= 15 is 0 Å². The first kappa shape index (κ1) is 21.1. The minimum Gasteiger partial charge on any atom is -0.369 e. The zero-order valence-corrected chi connectivity index (χ0v) is 19.4. The molecule has 1 aliphatic carbocycles. The lowest BCUT2D eigenvalue weighted by Crippen LogP contribution is -2.35. The quantitative estimate of drug-likeness (QED) is 0.425. The van der Waals surface area contributed by atoms with Crippen molar-refractivity contribution in [3.63, 3.8) is 0 Å². The van der Waals surface area contributed by atoms with Crippen molar-refractivity contribution >= 4 is 5.82 Å². The van der Waals surface area contributed by atoms with E-state index in [0.717, 1.165) is 43.3 Å². The molecule has 0 amide bonds. The number of nitrogens with one attached hydrogen (secondary N) is 1. The fourth-order valence-corrected chi connectivity index (χ4v) is 5.17. The molecule has 166 valence electrons. The van der Waals surface area contributed by atoms with Crippen molar-refractivity contribution in [1.82, 2.24) is 14.9 Å². The maximum Gasteiger partial charge on any atom is 0.137 e. The summed E-state index contributed by atoms with van der Waals surface area (Å²) >= 11 is 0. The molecule has 2 aromatic carbocycles. The normalized spacial score (nSPS) is 16.4. The molecule has 1 atom stereocenters. The Morgan fingerprint density at radius 3 is 2.62 bits per heavy atom. The molecule has 2 heterocycles. The molecule has 0 spiro atoms. The van der Waals surface area contributed by atoms with Gasteiger partial charge in [0.05, 0.1) is 5.69 Å². The number of aromatic nitrogens is 2. The van der Waals surface area contributed by atoms with Crippen molar-refractivity contribution in [2.75, 3.05) is 31.5 Å². The van der Waals surface area contributed by atoms with Crippen LogP contribution < -0.4 is 5.32 Å². The minimum atomic E-state index is 0.579. The molecular weight excluding hydrogens is 392 g/mol. The average molecular weight is 427 g/mol. The number of benzene rings is 2. The zero-order valence-electron chi connectivity index (χ0n) is 19.4. The lowest BCUT2D eigenvalue weighted by atomic mass is 10.0. The highest BCUT2D eigenvalue weighted by Crippen LogP contribution is 2.40. The van der Waals surface area contributed by atoms with Crippen LogP contribution in [-0.4, -0.2) is 41.0 Å². The molecule has 1 saturated heterocycles. The van der Waals surface area contributed by atoms with Crippen molar-refractivity contribution in [2.45, 2.75) is 46.0 Å². The van der Waals surface area contributed by atoms with Gasteiger partial charge in [0.15, 0.2) is 0 Å². The molecule has 5 rings (SSSR count). The maximum absolute atomic E-state index is 5.04. The molecule has 1 unspecified atom stereocenters. The van der Waals surface area contributed by atoms with Crippen LogP contribution in [0.5, 0.6) is 0 Å². The second-order valence-corrected chi connectivity index (χ2v) is 9.66. The molecule has 3 aromatic rings. The van der Waals surface area contributed by atoms with Gasteiger partial charge in [-0.05, 0) is 55.5 Å². The molecule has 0 bridgehead atoms. The number of piperidine rings is 1. The highest BCUT2D eigenvalue weighted by atomic mass is 15.1. The van der Waals surface area contributed by atoms with Crippen LogP contribution in [0.2, 0.25) is 0 Å². The summed E-state index contributed by atoms with van der Waals surface area (Å²) < 4.78 is 0. The van der Waals surface area contributed by atoms with Crippen LogP contribution in [-0.2, 0) is 12.8 Å². The summed E-state index contributed by atoms with van der Waals surface area (Å²) in [5.74, 6) is 2.50. The summed E-state index contributed by atoms with van der Waals surface area (Å²) in [6.45, 7) is 9.11. The van der Waals surface area contributed by atoms with Gasteiger partial charge in [0.2, 0.25) is 0 Å². The fourth-order valence-electron chi connectivity index (χ4n) is 5.17. The van der Waals surface area contributed by atoms with Gasteiger partial charge in [-0.2, -0.15) is 0 Å². The Kier molecular flexibility index (Phi) is 6.22. The van der Waals surface area contributed by atoms with E-state index in [1.165, 1.54) is 60.2 Å². The predicted octanol–water partition coefficient (Wildman–Crippen LogP) is 5.48. The lowest BCUT2D eigenvalue weighted by Gasteiger charge is -2.29. The van der Waals surface area contributed by atoms with Gasteiger partial charge in [0.1, 0.15) is 11.6 Å². The summed E-state index contributed by atoms with van der Waals surface area (Å²) in [5.41, 5.74) is 7.60. The Balaban J connectivity index is 1.39. The van der Waals surface area contributed by atoms with E-state index in [9.17, 15) is 0 Å². The van der Waals surface area contributed by atoms with Crippen LogP contribution in [0.15, 0.2) is 48.5 Å². The van der Waals surface area contributed by atoms with E-state index in [1.54, 1.807) is 0 Å².